The minimum atomic E-state index is -0.936. The predicted molar refractivity (Wildman–Crippen MR) is 69.9 cm³/mol. The number of carboxylic acid groups (broad SMARTS) is 1. The maximum absolute atomic E-state index is 11.1. The van der Waals surface area contributed by atoms with Gasteiger partial charge in [-0.1, -0.05) is 6.07 Å². The third-order valence-electron chi connectivity index (χ3n) is 2.77. The highest BCUT2D eigenvalue weighted by Crippen LogP contribution is 2.21. The predicted octanol–water partition coefficient (Wildman–Crippen LogP) is 3.55. The summed E-state index contributed by atoms with van der Waals surface area (Å²) in [4.78, 5) is 11.1. The molecule has 0 atom stereocenters. The molecule has 0 bridgehead atoms. The molecule has 4 heteroatoms. The van der Waals surface area contributed by atoms with Crippen molar-refractivity contribution in [2.75, 3.05) is 0 Å². The highest BCUT2D eigenvalue weighted by atomic mass is 79.9. The number of hydrogen-bond donors (Lipinski definition) is 1. The van der Waals surface area contributed by atoms with E-state index in [1.165, 1.54) is 5.56 Å². The van der Waals surface area contributed by atoms with Gasteiger partial charge in [-0.05, 0) is 59.1 Å². The molecule has 0 spiro atoms. The van der Waals surface area contributed by atoms with E-state index in [0.717, 1.165) is 15.7 Å². The first kappa shape index (κ1) is 11.9. The summed E-state index contributed by atoms with van der Waals surface area (Å²) in [7, 11) is 0. The zero-order valence-corrected chi connectivity index (χ0v) is 11.2. The summed E-state index contributed by atoms with van der Waals surface area (Å²) in [5.74, 6) is -0.936. The highest BCUT2D eigenvalue weighted by molar-refractivity contribution is 9.10. The summed E-state index contributed by atoms with van der Waals surface area (Å²) in [5.41, 5.74) is 3.44. The van der Waals surface area contributed by atoms with Crippen LogP contribution < -0.4 is 0 Å². The fourth-order valence-corrected chi connectivity index (χ4v) is 2.11. The normalized spacial score (nSPS) is 10.5. The molecular formula is C13H12BrNO2. The molecule has 0 aliphatic heterocycles. The topological polar surface area (TPSA) is 42.2 Å². The molecule has 3 nitrogen and oxygen atoms in total. The molecule has 0 amide bonds. The zero-order valence-electron chi connectivity index (χ0n) is 9.57. The van der Waals surface area contributed by atoms with E-state index in [9.17, 15) is 4.79 Å². The van der Waals surface area contributed by atoms with Crippen LogP contribution in [0.1, 0.15) is 21.6 Å². The number of hydrogen-bond acceptors (Lipinski definition) is 1. The number of aromatic carboxylic acids is 1. The van der Waals surface area contributed by atoms with E-state index < -0.39 is 5.97 Å². The maximum Gasteiger partial charge on any atom is 0.352 e. The molecule has 2 rings (SSSR count). The summed E-state index contributed by atoms with van der Waals surface area (Å²) in [5, 5.41) is 9.12. The standard InChI is InChI=1S/C13H12BrNO2/c1-8-3-4-11(5-9(8)2)15-7-10(14)6-12(15)13(16)17/h3-7H,1-2H3,(H,16,17). The highest BCUT2D eigenvalue weighted by Gasteiger charge is 2.13. The number of aryl methyl sites for hydroxylation is 2. The summed E-state index contributed by atoms with van der Waals surface area (Å²) in [6.45, 7) is 4.04. The van der Waals surface area contributed by atoms with Gasteiger partial charge in [-0.25, -0.2) is 4.79 Å². The van der Waals surface area contributed by atoms with Crippen LogP contribution in [0, 0.1) is 13.8 Å². The van der Waals surface area contributed by atoms with Gasteiger partial charge in [0.05, 0.1) is 0 Å². The molecule has 0 fully saturated rings. The van der Waals surface area contributed by atoms with E-state index in [-0.39, 0.29) is 5.69 Å². The molecule has 0 saturated carbocycles. The van der Waals surface area contributed by atoms with Gasteiger partial charge in [0.1, 0.15) is 5.69 Å². The Balaban J connectivity index is 2.59. The first-order valence-corrected chi connectivity index (χ1v) is 5.97. The van der Waals surface area contributed by atoms with Gasteiger partial charge in [0.2, 0.25) is 0 Å². The van der Waals surface area contributed by atoms with Crippen LogP contribution in [0.25, 0.3) is 5.69 Å². The summed E-state index contributed by atoms with van der Waals surface area (Å²) >= 11 is 3.30. The monoisotopic (exact) mass is 293 g/mol. The number of aromatic nitrogens is 1. The van der Waals surface area contributed by atoms with E-state index in [1.54, 1.807) is 16.8 Å². The number of benzene rings is 1. The number of nitrogens with zero attached hydrogens (tertiary/aromatic N) is 1. The lowest BCUT2D eigenvalue weighted by atomic mass is 10.1. The van der Waals surface area contributed by atoms with Crippen LogP contribution in [0.3, 0.4) is 0 Å². The first-order chi connectivity index (χ1) is 7.99. The molecule has 1 heterocycles. The zero-order chi connectivity index (χ0) is 12.6. The molecule has 1 aromatic heterocycles. The minimum absolute atomic E-state index is 0.250. The van der Waals surface area contributed by atoms with E-state index in [1.807, 2.05) is 32.0 Å². The Labute approximate surface area is 108 Å². The Morgan fingerprint density at radius 3 is 2.53 bits per heavy atom. The lowest BCUT2D eigenvalue weighted by Gasteiger charge is -2.08. The smallest absolute Gasteiger partial charge is 0.352 e. The van der Waals surface area contributed by atoms with Gasteiger partial charge in [0.15, 0.2) is 0 Å². The van der Waals surface area contributed by atoms with Gasteiger partial charge in [-0.3, -0.25) is 0 Å². The fourth-order valence-electron chi connectivity index (χ4n) is 1.68. The van der Waals surface area contributed by atoms with Crippen molar-refractivity contribution in [3.8, 4) is 5.69 Å². The second-order valence-corrected chi connectivity index (χ2v) is 4.90. The summed E-state index contributed by atoms with van der Waals surface area (Å²) in [6.07, 6.45) is 1.76. The molecule has 1 N–H and O–H groups in total. The van der Waals surface area contributed by atoms with E-state index in [0.29, 0.717) is 0 Å². The molecule has 0 radical (unpaired) electrons. The van der Waals surface area contributed by atoms with Crippen LogP contribution in [0.4, 0.5) is 0 Å². The lowest BCUT2D eigenvalue weighted by Crippen LogP contribution is -2.05. The van der Waals surface area contributed by atoms with Crippen molar-refractivity contribution >= 4 is 21.9 Å². The molecule has 1 aromatic carbocycles. The number of halogens is 1. The molecule has 0 unspecified atom stereocenters. The van der Waals surface area contributed by atoms with E-state index in [4.69, 9.17) is 5.11 Å². The summed E-state index contributed by atoms with van der Waals surface area (Å²) in [6, 6.07) is 7.48. The van der Waals surface area contributed by atoms with E-state index >= 15 is 0 Å². The van der Waals surface area contributed by atoms with Crippen molar-refractivity contribution in [3.05, 3.63) is 51.8 Å². The third-order valence-corrected chi connectivity index (χ3v) is 3.21. The maximum atomic E-state index is 11.1. The van der Waals surface area contributed by atoms with Crippen molar-refractivity contribution in [3.63, 3.8) is 0 Å². The Morgan fingerprint density at radius 2 is 1.94 bits per heavy atom. The second-order valence-electron chi connectivity index (χ2n) is 3.99. The average molecular weight is 294 g/mol. The van der Waals surface area contributed by atoms with Crippen molar-refractivity contribution in [2.24, 2.45) is 0 Å². The van der Waals surface area contributed by atoms with Crippen LogP contribution in [0.5, 0.6) is 0 Å². The Kier molecular flexibility index (Phi) is 3.07. The largest absolute Gasteiger partial charge is 0.477 e. The Hall–Kier alpha value is -1.55. The van der Waals surface area contributed by atoms with Crippen molar-refractivity contribution in [1.82, 2.24) is 4.57 Å². The molecule has 17 heavy (non-hydrogen) atoms. The molecule has 2 aromatic rings. The van der Waals surface area contributed by atoms with Crippen molar-refractivity contribution < 1.29 is 9.90 Å². The van der Waals surface area contributed by atoms with Crippen LogP contribution in [-0.2, 0) is 0 Å². The minimum Gasteiger partial charge on any atom is -0.477 e. The Morgan fingerprint density at radius 1 is 1.24 bits per heavy atom. The quantitative estimate of drug-likeness (QED) is 0.920. The number of rotatable bonds is 2. The van der Waals surface area contributed by atoms with Crippen molar-refractivity contribution in [2.45, 2.75) is 13.8 Å². The fraction of sp³-hybridized carbons (Fsp3) is 0.154. The van der Waals surface area contributed by atoms with Gasteiger partial charge in [-0.2, -0.15) is 0 Å². The van der Waals surface area contributed by atoms with Crippen LogP contribution in [0.2, 0.25) is 0 Å². The molecule has 88 valence electrons. The van der Waals surface area contributed by atoms with Crippen LogP contribution >= 0.6 is 15.9 Å². The Bertz CT molecular complexity index is 587. The first-order valence-electron chi connectivity index (χ1n) is 5.18. The van der Waals surface area contributed by atoms with Gasteiger partial charge in [0.25, 0.3) is 0 Å². The molecule has 0 aliphatic carbocycles. The second kappa shape index (κ2) is 4.37. The van der Waals surface area contributed by atoms with Crippen LogP contribution in [-0.4, -0.2) is 15.6 Å². The van der Waals surface area contributed by atoms with Gasteiger partial charge in [0, 0.05) is 16.4 Å². The molecule has 0 aliphatic rings. The number of carboxylic acids is 1. The third kappa shape index (κ3) is 2.26. The lowest BCUT2D eigenvalue weighted by molar-refractivity contribution is 0.0688. The molecule has 0 saturated heterocycles. The SMILES string of the molecule is Cc1ccc(-n2cc(Br)cc2C(=O)O)cc1C. The van der Waals surface area contributed by atoms with Gasteiger partial charge >= 0.3 is 5.97 Å². The van der Waals surface area contributed by atoms with Gasteiger partial charge < -0.3 is 9.67 Å². The van der Waals surface area contributed by atoms with Gasteiger partial charge in [-0.15, -0.1) is 0 Å². The summed E-state index contributed by atoms with van der Waals surface area (Å²) < 4.78 is 2.42. The average Bonchev–Trinajstić information content (AvgIpc) is 2.64. The molecular weight excluding hydrogens is 282 g/mol. The van der Waals surface area contributed by atoms with Crippen molar-refractivity contribution in [1.29, 1.82) is 0 Å². The van der Waals surface area contributed by atoms with E-state index in [2.05, 4.69) is 15.9 Å². The number of carbonyl (C=O) groups is 1. The van der Waals surface area contributed by atoms with Crippen LogP contribution in [0.15, 0.2) is 34.9 Å².